The second-order valence-electron chi connectivity index (χ2n) is 3.70. The molecule has 0 bridgehead atoms. The predicted octanol–water partition coefficient (Wildman–Crippen LogP) is 2.20. The molecule has 88 valence electrons. The molecule has 0 fully saturated rings. The van der Waals surface area contributed by atoms with Gasteiger partial charge in [0.1, 0.15) is 0 Å². The molecule has 17 heavy (non-hydrogen) atoms. The SMILES string of the molecule is CCC([Se]c1ccccc1)[Se]c1ccccc1. The van der Waals surface area contributed by atoms with Gasteiger partial charge in [-0.05, 0) is 0 Å². The maximum atomic E-state index is 2.32. The monoisotopic (exact) mass is 356 g/mol. The molecule has 0 aromatic heterocycles. The van der Waals surface area contributed by atoms with E-state index in [9.17, 15) is 0 Å². The van der Waals surface area contributed by atoms with E-state index >= 15 is 0 Å². The van der Waals surface area contributed by atoms with Crippen LogP contribution in [0.3, 0.4) is 0 Å². The molecule has 0 radical (unpaired) electrons. The average molecular weight is 354 g/mol. The van der Waals surface area contributed by atoms with Crippen LogP contribution in [0.2, 0.25) is 3.71 Å². The van der Waals surface area contributed by atoms with E-state index in [1.54, 1.807) is 0 Å². The van der Waals surface area contributed by atoms with Crippen LogP contribution in [0.25, 0.3) is 0 Å². The summed E-state index contributed by atoms with van der Waals surface area (Å²) in [5.74, 6) is 0. The Morgan fingerprint density at radius 3 is 1.53 bits per heavy atom. The van der Waals surface area contributed by atoms with Crippen molar-refractivity contribution < 1.29 is 0 Å². The molecule has 0 aliphatic heterocycles. The van der Waals surface area contributed by atoms with Gasteiger partial charge in [-0.2, -0.15) is 0 Å². The zero-order valence-corrected chi connectivity index (χ0v) is 13.3. The minimum atomic E-state index is 0.617. The predicted molar refractivity (Wildman–Crippen MR) is 77.7 cm³/mol. The first-order chi connectivity index (χ1) is 8.38. The van der Waals surface area contributed by atoms with Gasteiger partial charge in [-0.3, -0.25) is 0 Å². The number of hydrogen-bond donors (Lipinski definition) is 0. The fourth-order valence-electron chi connectivity index (χ4n) is 1.49. The Labute approximate surface area is 116 Å². The molecule has 0 amide bonds. The standard InChI is InChI=1S/C15H16Se2/c1-2-15(16-13-9-5-3-6-10-13)17-14-11-7-4-8-12-14/h3-12,15H,2H2,1H3. The van der Waals surface area contributed by atoms with Gasteiger partial charge in [0.25, 0.3) is 0 Å². The maximum absolute atomic E-state index is 2.32. The number of benzene rings is 2. The fourth-order valence-corrected chi connectivity index (χ4v) is 7.83. The van der Waals surface area contributed by atoms with Crippen molar-refractivity contribution in [3.63, 3.8) is 0 Å². The van der Waals surface area contributed by atoms with E-state index in [1.165, 1.54) is 15.3 Å². The molecule has 0 atom stereocenters. The number of hydrogen-bond acceptors (Lipinski definition) is 0. The first kappa shape index (κ1) is 12.9. The van der Waals surface area contributed by atoms with Crippen LogP contribution in [-0.2, 0) is 0 Å². The third kappa shape index (κ3) is 4.33. The van der Waals surface area contributed by atoms with E-state index in [-0.39, 0.29) is 0 Å². The molecular weight excluding hydrogens is 338 g/mol. The van der Waals surface area contributed by atoms with Gasteiger partial charge in [0.15, 0.2) is 0 Å². The van der Waals surface area contributed by atoms with Crippen LogP contribution in [0.5, 0.6) is 0 Å². The molecule has 0 aliphatic rings. The Kier molecular flexibility index (Phi) is 5.35. The van der Waals surface area contributed by atoms with Crippen molar-refractivity contribution in [1.29, 1.82) is 0 Å². The second-order valence-corrected chi connectivity index (χ2v) is 10.6. The molecule has 0 unspecified atom stereocenters. The van der Waals surface area contributed by atoms with Crippen molar-refractivity contribution in [3.05, 3.63) is 60.7 Å². The van der Waals surface area contributed by atoms with Crippen LogP contribution in [0, 0.1) is 0 Å². The second kappa shape index (κ2) is 7.03. The van der Waals surface area contributed by atoms with E-state index < -0.39 is 0 Å². The molecule has 0 aliphatic carbocycles. The molecule has 2 rings (SSSR count). The van der Waals surface area contributed by atoms with E-state index in [1.807, 2.05) is 0 Å². The third-order valence-corrected chi connectivity index (χ3v) is 9.24. The minimum absolute atomic E-state index is 0.617. The van der Waals surface area contributed by atoms with Gasteiger partial charge in [0.05, 0.1) is 0 Å². The molecular formula is C15H16Se2. The molecule has 0 N–H and O–H groups in total. The first-order valence-corrected chi connectivity index (χ1v) is 9.51. The van der Waals surface area contributed by atoms with Crippen molar-refractivity contribution in [2.24, 2.45) is 0 Å². The quantitative estimate of drug-likeness (QED) is 0.723. The Morgan fingerprint density at radius 1 is 0.765 bits per heavy atom. The summed E-state index contributed by atoms with van der Waals surface area (Å²) in [6.45, 7) is 2.32. The zero-order valence-electron chi connectivity index (χ0n) is 9.87. The molecule has 0 saturated heterocycles. The Morgan fingerprint density at radius 2 is 1.18 bits per heavy atom. The Bertz CT molecular complexity index is 384. The van der Waals surface area contributed by atoms with Gasteiger partial charge in [0, 0.05) is 0 Å². The summed E-state index contributed by atoms with van der Waals surface area (Å²) < 4.78 is 3.94. The molecule has 2 aromatic rings. The van der Waals surface area contributed by atoms with E-state index in [0.717, 1.165) is 3.71 Å². The van der Waals surface area contributed by atoms with E-state index in [2.05, 4.69) is 67.6 Å². The summed E-state index contributed by atoms with van der Waals surface area (Å²) in [5, 5.41) is 0. The molecule has 0 heterocycles. The van der Waals surface area contributed by atoms with Crippen molar-refractivity contribution in [3.8, 4) is 0 Å². The van der Waals surface area contributed by atoms with E-state index in [0.29, 0.717) is 29.9 Å². The van der Waals surface area contributed by atoms with Crippen LogP contribution in [0.4, 0.5) is 0 Å². The summed E-state index contributed by atoms with van der Waals surface area (Å²) in [6.07, 6.45) is 1.30. The van der Waals surface area contributed by atoms with Crippen LogP contribution >= 0.6 is 0 Å². The molecule has 2 heteroatoms. The van der Waals surface area contributed by atoms with Crippen molar-refractivity contribution in [2.45, 2.75) is 17.1 Å². The van der Waals surface area contributed by atoms with Gasteiger partial charge < -0.3 is 0 Å². The molecule has 0 nitrogen and oxygen atoms in total. The summed E-state index contributed by atoms with van der Waals surface area (Å²) in [4.78, 5) is 0. The average Bonchev–Trinajstić information content (AvgIpc) is 2.40. The van der Waals surface area contributed by atoms with Gasteiger partial charge in [-0.1, -0.05) is 0 Å². The van der Waals surface area contributed by atoms with Gasteiger partial charge in [-0.15, -0.1) is 0 Å². The molecule has 0 spiro atoms. The molecule has 2 aromatic carbocycles. The third-order valence-electron chi connectivity index (χ3n) is 2.35. The number of rotatable bonds is 5. The fraction of sp³-hybridized carbons (Fsp3) is 0.200. The Balaban J connectivity index is 1.98. The topological polar surface area (TPSA) is 0 Å². The normalized spacial score (nSPS) is 10.7. The summed E-state index contributed by atoms with van der Waals surface area (Å²) >= 11 is 1.23. The van der Waals surface area contributed by atoms with E-state index in [4.69, 9.17) is 0 Å². The van der Waals surface area contributed by atoms with Crippen LogP contribution in [0.1, 0.15) is 13.3 Å². The first-order valence-electron chi connectivity index (χ1n) is 5.82. The van der Waals surface area contributed by atoms with Gasteiger partial charge in [-0.25, -0.2) is 0 Å². The van der Waals surface area contributed by atoms with Crippen LogP contribution in [-0.4, -0.2) is 29.9 Å². The van der Waals surface area contributed by atoms with Gasteiger partial charge in [0.2, 0.25) is 0 Å². The van der Waals surface area contributed by atoms with Gasteiger partial charge >= 0.3 is 117 Å². The van der Waals surface area contributed by atoms with Crippen molar-refractivity contribution in [1.82, 2.24) is 0 Å². The van der Waals surface area contributed by atoms with Crippen molar-refractivity contribution >= 4 is 38.8 Å². The summed E-state index contributed by atoms with van der Waals surface area (Å²) in [6, 6.07) is 21.9. The Hall–Kier alpha value is -0.521. The summed E-state index contributed by atoms with van der Waals surface area (Å²) in [7, 11) is 0. The zero-order chi connectivity index (χ0) is 11.9. The van der Waals surface area contributed by atoms with Crippen molar-refractivity contribution in [2.75, 3.05) is 0 Å². The molecule has 0 saturated carbocycles. The van der Waals surface area contributed by atoms with Crippen LogP contribution < -0.4 is 8.92 Å². The van der Waals surface area contributed by atoms with Crippen LogP contribution in [0.15, 0.2) is 60.7 Å². The summed E-state index contributed by atoms with van der Waals surface area (Å²) in [5.41, 5.74) is 0.